The van der Waals surface area contributed by atoms with E-state index in [0.717, 1.165) is 3.45 Å². The summed E-state index contributed by atoms with van der Waals surface area (Å²) in [4.78, 5) is 27.6. The molecule has 0 bridgehead atoms. The van der Waals surface area contributed by atoms with E-state index in [1.807, 2.05) is 0 Å². The van der Waals surface area contributed by atoms with Gasteiger partial charge in [0.1, 0.15) is 6.04 Å². The molecule has 0 fully saturated rings. The molecule has 0 heterocycles. The lowest BCUT2D eigenvalue weighted by molar-refractivity contribution is -0.140. The van der Waals surface area contributed by atoms with Gasteiger partial charge < -0.3 is 14.9 Å². The van der Waals surface area contributed by atoms with Gasteiger partial charge in [0.2, 0.25) is 0 Å². The van der Waals surface area contributed by atoms with Gasteiger partial charge >= 0.3 is 13.6 Å². The van der Waals surface area contributed by atoms with Crippen LogP contribution < -0.4 is 0 Å². The standard InChI is InChI=1S/C5H10BrClNO5P/c6-8(7)4(5(9)10)2-1-3-14(11,12)13/h4H,1-3H2,(H,9,10)(H2,11,12,13). The summed E-state index contributed by atoms with van der Waals surface area (Å²) < 4.78 is 11.2. The van der Waals surface area contributed by atoms with Crippen molar-refractivity contribution in [3.8, 4) is 0 Å². The predicted octanol–water partition coefficient (Wildman–Crippen LogP) is 1.16. The fourth-order valence-electron chi connectivity index (χ4n) is 0.795. The van der Waals surface area contributed by atoms with E-state index < -0.39 is 19.6 Å². The molecule has 1 atom stereocenters. The minimum atomic E-state index is -4.05. The third kappa shape index (κ3) is 6.75. The van der Waals surface area contributed by atoms with Crippen LogP contribution in [-0.4, -0.2) is 36.5 Å². The van der Waals surface area contributed by atoms with E-state index >= 15 is 0 Å². The number of rotatable bonds is 6. The third-order valence-corrected chi connectivity index (χ3v) is 3.08. The molecule has 0 spiro atoms. The van der Waals surface area contributed by atoms with Crippen molar-refractivity contribution in [2.45, 2.75) is 18.9 Å². The molecule has 0 amide bonds. The van der Waals surface area contributed by atoms with Crippen molar-refractivity contribution in [3.05, 3.63) is 0 Å². The molecule has 0 aromatic rings. The first-order valence-corrected chi connectivity index (χ1v) is 6.46. The highest BCUT2D eigenvalue weighted by molar-refractivity contribution is 9.08. The van der Waals surface area contributed by atoms with E-state index in [-0.39, 0.29) is 19.0 Å². The molecule has 9 heteroatoms. The molecule has 0 aliphatic rings. The molecule has 0 aliphatic carbocycles. The summed E-state index contributed by atoms with van der Waals surface area (Å²) >= 11 is 8.11. The summed E-state index contributed by atoms with van der Waals surface area (Å²) in [6.07, 6.45) is -0.181. The maximum absolute atomic E-state index is 10.5. The van der Waals surface area contributed by atoms with Crippen molar-refractivity contribution in [2.75, 3.05) is 6.16 Å². The molecule has 0 rings (SSSR count). The Morgan fingerprint density at radius 1 is 1.57 bits per heavy atom. The van der Waals surface area contributed by atoms with Crippen LogP contribution in [-0.2, 0) is 9.36 Å². The van der Waals surface area contributed by atoms with Crippen molar-refractivity contribution >= 4 is 41.5 Å². The number of hydrogen-bond donors (Lipinski definition) is 3. The fourth-order valence-corrected chi connectivity index (χ4v) is 1.95. The van der Waals surface area contributed by atoms with Crippen LogP contribution in [0.1, 0.15) is 12.8 Å². The Balaban J connectivity index is 3.97. The highest BCUT2D eigenvalue weighted by Gasteiger charge is 2.24. The normalized spacial score (nSPS) is 14.4. The van der Waals surface area contributed by atoms with E-state index in [2.05, 4.69) is 16.1 Å². The second-order valence-electron chi connectivity index (χ2n) is 2.64. The topological polar surface area (TPSA) is 98.1 Å². The average molecular weight is 310 g/mol. The highest BCUT2D eigenvalue weighted by atomic mass is 79.9. The zero-order valence-electron chi connectivity index (χ0n) is 7.01. The van der Waals surface area contributed by atoms with Crippen LogP contribution in [0.2, 0.25) is 0 Å². The summed E-state index contributed by atoms with van der Waals surface area (Å²) in [6.45, 7) is 0. The number of carboxylic acids is 1. The molecule has 0 aliphatic heterocycles. The van der Waals surface area contributed by atoms with Crippen LogP contribution in [0.3, 0.4) is 0 Å². The minimum Gasteiger partial charge on any atom is -0.480 e. The van der Waals surface area contributed by atoms with Crippen molar-refractivity contribution in [1.82, 2.24) is 3.45 Å². The van der Waals surface area contributed by atoms with E-state index in [4.69, 9.17) is 26.7 Å². The van der Waals surface area contributed by atoms with Gasteiger partial charge in [-0.25, -0.2) is 0 Å². The van der Waals surface area contributed by atoms with E-state index in [1.165, 1.54) is 0 Å². The molecule has 84 valence electrons. The molecule has 3 N–H and O–H groups in total. The summed E-state index contributed by atoms with van der Waals surface area (Å²) in [7, 11) is -4.05. The fraction of sp³-hybridized carbons (Fsp3) is 0.800. The predicted molar refractivity (Wildman–Crippen MR) is 54.2 cm³/mol. The summed E-state index contributed by atoms with van der Waals surface area (Å²) in [6, 6.07) is -0.997. The maximum Gasteiger partial charge on any atom is 0.325 e. The Hall–Kier alpha value is 0.350. The zero-order valence-corrected chi connectivity index (χ0v) is 10.2. The van der Waals surface area contributed by atoms with E-state index in [9.17, 15) is 9.36 Å². The number of carbonyl (C=O) groups is 1. The molecule has 0 saturated heterocycles. The number of carboxylic acid groups (broad SMARTS) is 1. The van der Waals surface area contributed by atoms with Gasteiger partial charge in [-0.2, -0.15) is 0 Å². The van der Waals surface area contributed by atoms with Gasteiger partial charge in [0, 0.05) is 22.3 Å². The lowest BCUT2D eigenvalue weighted by Crippen LogP contribution is -2.29. The summed E-state index contributed by atoms with van der Waals surface area (Å²) in [5, 5.41) is 8.62. The second-order valence-corrected chi connectivity index (χ2v) is 5.96. The molecular weight excluding hydrogens is 300 g/mol. The highest BCUT2D eigenvalue weighted by Crippen LogP contribution is 2.35. The van der Waals surface area contributed by atoms with Crippen LogP contribution in [0, 0.1) is 0 Å². The lowest BCUT2D eigenvalue weighted by Gasteiger charge is -2.14. The Labute approximate surface area is 94.5 Å². The number of aliphatic carboxylic acids is 1. The van der Waals surface area contributed by atoms with Crippen LogP contribution >= 0.6 is 35.5 Å². The van der Waals surface area contributed by atoms with Crippen molar-refractivity contribution in [2.24, 2.45) is 0 Å². The van der Waals surface area contributed by atoms with Crippen LogP contribution in [0.15, 0.2) is 0 Å². The molecule has 0 radical (unpaired) electrons. The lowest BCUT2D eigenvalue weighted by atomic mass is 10.2. The molecule has 0 saturated carbocycles. The minimum absolute atomic E-state index is 0.0647. The van der Waals surface area contributed by atoms with Gasteiger partial charge in [-0.3, -0.25) is 9.36 Å². The first kappa shape index (κ1) is 14.3. The first-order chi connectivity index (χ1) is 6.24. The Morgan fingerprint density at radius 2 is 2.07 bits per heavy atom. The molecule has 0 aromatic carbocycles. The first-order valence-electron chi connectivity index (χ1n) is 3.62. The number of nitrogens with zero attached hydrogens (tertiary/aromatic N) is 1. The summed E-state index contributed by atoms with van der Waals surface area (Å²) in [5.41, 5.74) is 0. The van der Waals surface area contributed by atoms with Gasteiger partial charge in [0.05, 0.1) is 0 Å². The van der Waals surface area contributed by atoms with Crippen molar-refractivity contribution in [3.63, 3.8) is 0 Å². The van der Waals surface area contributed by atoms with Crippen LogP contribution in [0.4, 0.5) is 0 Å². The molecule has 0 aromatic heterocycles. The zero-order chi connectivity index (χ0) is 11.4. The van der Waals surface area contributed by atoms with Crippen molar-refractivity contribution < 1.29 is 24.3 Å². The Kier molecular flexibility index (Phi) is 6.20. The van der Waals surface area contributed by atoms with Crippen molar-refractivity contribution in [1.29, 1.82) is 0 Å². The van der Waals surface area contributed by atoms with Gasteiger partial charge in [-0.15, -0.1) is 3.45 Å². The number of hydrogen-bond acceptors (Lipinski definition) is 3. The maximum atomic E-state index is 10.5. The monoisotopic (exact) mass is 309 g/mol. The largest absolute Gasteiger partial charge is 0.480 e. The van der Waals surface area contributed by atoms with Gasteiger partial charge in [0.15, 0.2) is 0 Å². The second kappa shape index (κ2) is 6.05. The Bertz CT molecular complexity index is 244. The Morgan fingerprint density at radius 3 is 2.36 bits per heavy atom. The molecule has 1 unspecified atom stereocenters. The molecular formula is C5H10BrClNO5P. The van der Waals surface area contributed by atoms with Gasteiger partial charge in [-0.1, -0.05) is 0 Å². The average Bonchev–Trinajstić information content (AvgIpc) is 1.94. The quantitative estimate of drug-likeness (QED) is 0.503. The van der Waals surface area contributed by atoms with E-state index in [0.29, 0.717) is 0 Å². The molecule has 6 nitrogen and oxygen atoms in total. The smallest absolute Gasteiger partial charge is 0.325 e. The van der Waals surface area contributed by atoms with Crippen LogP contribution in [0.5, 0.6) is 0 Å². The van der Waals surface area contributed by atoms with Gasteiger partial charge in [-0.05, 0) is 24.6 Å². The molecule has 14 heavy (non-hydrogen) atoms. The third-order valence-electron chi connectivity index (χ3n) is 1.45. The van der Waals surface area contributed by atoms with E-state index in [1.54, 1.807) is 0 Å². The van der Waals surface area contributed by atoms with Gasteiger partial charge in [0.25, 0.3) is 0 Å². The summed E-state index contributed by atoms with van der Waals surface area (Å²) in [5.74, 6) is -1.15. The SMILES string of the molecule is O=C(O)C(CCCP(=O)(O)O)N(Cl)Br. The number of halogens is 2. The van der Waals surface area contributed by atoms with Crippen LogP contribution in [0.25, 0.3) is 0 Å².